The fourth-order valence-corrected chi connectivity index (χ4v) is 3.97. The first-order chi connectivity index (χ1) is 15.1. The van der Waals surface area contributed by atoms with Crippen LogP contribution in [0.1, 0.15) is 12.1 Å². The predicted octanol–water partition coefficient (Wildman–Crippen LogP) is 1.67. The van der Waals surface area contributed by atoms with Crippen LogP contribution in [0, 0.1) is 12.7 Å². The Morgan fingerprint density at radius 1 is 1.06 bits per heavy atom. The first-order valence-electron chi connectivity index (χ1n) is 10.3. The van der Waals surface area contributed by atoms with Crippen LogP contribution in [0.15, 0.2) is 35.4 Å². The minimum atomic E-state index is -0.315. The topological polar surface area (TPSA) is 90.4 Å². The zero-order valence-electron chi connectivity index (χ0n) is 17.2. The van der Waals surface area contributed by atoms with Gasteiger partial charge in [-0.3, -0.25) is 14.3 Å². The monoisotopic (exact) mass is 423 g/mol. The number of ether oxygens (including phenoxy) is 1. The number of hydrogen-bond donors (Lipinski definition) is 0. The van der Waals surface area contributed by atoms with E-state index in [0.29, 0.717) is 23.5 Å². The molecule has 1 aliphatic rings. The molecular formula is C21H22FN7O2. The molecule has 0 atom stereocenters. The third-order valence-electron chi connectivity index (χ3n) is 5.59. The second-order valence-corrected chi connectivity index (χ2v) is 7.63. The van der Waals surface area contributed by atoms with Crippen molar-refractivity contribution in [2.24, 2.45) is 0 Å². The number of nitrogens with zero attached hydrogens (tertiary/aromatic N) is 7. The van der Waals surface area contributed by atoms with E-state index >= 15 is 0 Å². The molecule has 31 heavy (non-hydrogen) atoms. The van der Waals surface area contributed by atoms with Crippen LogP contribution in [-0.4, -0.2) is 67.1 Å². The Labute approximate surface area is 177 Å². The minimum absolute atomic E-state index is 0.175. The van der Waals surface area contributed by atoms with Crippen molar-refractivity contribution in [1.29, 1.82) is 0 Å². The molecule has 1 fully saturated rings. The SMILES string of the molecule is Cc1nn2c(nnc3c(=O)n(CCCN4CCOCC4)cnc32)c1-c1ccc(F)cc1. The molecule has 4 aromatic rings. The molecule has 0 radical (unpaired) electrons. The normalized spacial score (nSPS) is 15.2. The fraction of sp³-hybridized carbons (Fsp3) is 0.381. The number of aromatic nitrogens is 6. The molecule has 0 N–H and O–H groups in total. The molecule has 0 bridgehead atoms. The van der Waals surface area contributed by atoms with E-state index in [2.05, 4.69) is 25.2 Å². The standard InChI is InChI=1S/C21H22FN7O2/c1-14-17(15-3-5-16(22)6-4-15)19-25-24-18-20(29(19)26-14)23-13-28(21(18)30)8-2-7-27-9-11-31-12-10-27/h3-6,13H,2,7-12H2,1H3. The quantitative estimate of drug-likeness (QED) is 0.482. The van der Waals surface area contributed by atoms with E-state index in [1.54, 1.807) is 23.0 Å². The van der Waals surface area contributed by atoms with Crippen LogP contribution >= 0.6 is 0 Å². The molecular weight excluding hydrogens is 401 g/mol. The molecule has 1 aliphatic heterocycles. The molecule has 1 saturated heterocycles. The Bertz CT molecular complexity index is 1290. The highest BCUT2D eigenvalue weighted by Gasteiger charge is 2.18. The summed E-state index contributed by atoms with van der Waals surface area (Å²) in [5.41, 5.74) is 2.99. The average Bonchev–Trinajstić information content (AvgIpc) is 3.13. The largest absolute Gasteiger partial charge is 0.379 e. The Hall–Kier alpha value is -3.24. The molecule has 0 unspecified atom stereocenters. The predicted molar refractivity (Wildman–Crippen MR) is 112 cm³/mol. The molecule has 0 spiro atoms. The van der Waals surface area contributed by atoms with Gasteiger partial charge in [0.25, 0.3) is 5.56 Å². The lowest BCUT2D eigenvalue weighted by Gasteiger charge is -2.26. The van der Waals surface area contributed by atoms with Gasteiger partial charge in [0.2, 0.25) is 0 Å². The van der Waals surface area contributed by atoms with Gasteiger partial charge in [-0.25, -0.2) is 9.37 Å². The van der Waals surface area contributed by atoms with Crippen molar-refractivity contribution < 1.29 is 9.13 Å². The summed E-state index contributed by atoms with van der Waals surface area (Å²) in [7, 11) is 0. The summed E-state index contributed by atoms with van der Waals surface area (Å²) in [5.74, 6) is -0.315. The fourth-order valence-electron chi connectivity index (χ4n) is 3.97. The highest BCUT2D eigenvalue weighted by Crippen LogP contribution is 2.27. The summed E-state index contributed by atoms with van der Waals surface area (Å²) < 4.78 is 21.8. The summed E-state index contributed by atoms with van der Waals surface area (Å²) in [4.78, 5) is 19.8. The maximum Gasteiger partial charge on any atom is 0.283 e. The molecule has 0 amide bonds. The van der Waals surface area contributed by atoms with Crippen LogP contribution in [0.5, 0.6) is 0 Å². The molecule has 160 valence electrons. The number of halogens is 1. The van der Waals surface area contributed by atoms with Crippen LogP contribution in [0.2, 0.25) is 0 Å². The minimum Gasteiger partial charge on any atom is -0.379 e. The zero-order chi connectivity index (χ0) is 21.4. The van der Waals surface area contributed by atoms with Gasteiger partial charge in [-0.05, 0) is 31.0 Å². The van der Waals surface area contributed by atoms with Gasteiger partial charge in [0.1, 0.15) is 12.1 Å². The van der Waals surface area contributed by atoms with Gasteiger partial charge in [-0.2, -0.15) is 9.61 Å². The molecule has 1 aromatic carbocycles. The number of aryl methyl sites for hydroxylation is 2. The summed E-state index contributed by atoms with van der Waals surface area (Å²) in [5, 5.41) is 13.0. The van der Waals surface area contributed by atoms with Crippen LogP contribution in [0.4, 0.5) is 4.39 Å². The van der Waals surface area contributed by atoms with Gasteiger partial charge < -0.3 is 4.74 Å². The molecule has 0 aliphatic carbocycles. The van der Waals surface area contributed by atoms with Gasteiger partial charge in [0.05, 0.1) is 24.5 Å². The molecule has 9 nitrogen and oxygen atoms in total. The van der Waals surface area contributed by atoms with E-state index in [-0.39, 0.29) is 16.9 Å². The van der Waals surface area contributed by atoms with E-state index in [1.165, 1.54) is 16.6 Å². The number of benzene rings is 1. The van der Waals surface area contributed by atoms with Gasteiger partial charge in [0, 0.05) is 26.2 Å². The van der Waals surface area contributed by atoms with Crippen LogP contribution in [0.25, 0.3) is 27.9 Å². The molecule has 4 heterocycles. The number of fused-ring (bicyclic) bond motifs is 3. The lowest BCUT2D eigenvalue weighted by Crippen LogP contribution is -2.37. The van der Waals surface area contributed by atoms with Gasteiger partial charge in [-0.1, -0.05) is 12.1 Å². The zero-order valence-corrected chi connectivity index (χ0v) is 17.2. The van der Waals surface area contributed by atoms with Gasteiger partial charge in [-0.15, -0.1) is 10.2 Å². The highest BCUT2D eigenvalue weighted by molar-refractivity contribution is 5.83. The van der Waals surface area contributed by atoms with Crippen LogP contribution in [-0.2, 0) is 11.3 Å². The van der Waals surface area contributed by atoms with Crippen molar-refractivity contribution in [2.45, 2.75) is 19.9 Å². The Balaban J connectivity index is 1.47. The molecule has 10 heteroatoms. The van der Waals surface area contributed by atoms with Crippen molar-refractivity contribution in [3.8, 4) is 11.1 Å². The lowest BCUT2D eigenvalue weighted by molar-refractivity contribution is 0.0369. The highest BCUT2D eigenvalue weighted by atomic mass is 19.1. The van der Waals surface area contributed by atoms with Crippen molar-refractivity contribution >= 4 is 16.8 Å². The summed E-state index contributed by atoms with van der Waals surface area (Å²) >= 11 is 0. The summed E-state index contributed by atoms with van der Waals surface area (Å²) in [6.45, 7) is 6.65. The van der Waals surface area contributed by atoms with E-state index in [4.69, 9.17) is 4.74 Å². The molecule has 0 saturated carbocycles. The molecule has 5 rings (SSSR count). The van der Waals surface area contributed by atoms with Gasteiger partial charge in [0.15, 0.2) is 16.8 Å². The number of morpholine rings is 1. The first kappa shape index (κ1) is 19.7. The Morgan fingerprint density at radius 3 is 2.61 bits per heavy atom. The Kier molecular flexibility index (Phi) is 5.16. The van der Waals surface area contributed by atoms with Crippen molar-refractivity contribution in [2.75, 3.05) is 32.8 Å². The van der Waals surface area contributed by atoms with Crippen molar-refractivity contribution in [3.63, 3.8) is 0 Å². The van der Waals surface area contributed by atoms with E-state index < -0.39 is 0 Å². The third-order valence-corrected chi connectivity index (χ3v) is 5.59. The lowest BCUT2D eigenvalue weighted by atomic mass is 10.1. The van der Waals surface area contributed by atoms with Crippen LogP contribution in [0.3, 0.4) is 0 Å². The maximum absolute atomic E-state index is 13.3. The Morgan fingerprint density at radius 2 is 1.84 bits per heavy atom. The van der Waals surface area contributed by atoms with E-state index in [9.17, 15) is 9.18 Å². The number of hydrogen-bond acceptors (Lipinski definition) is 7. The summed E-state index contributed by atoms with van der Waals surface area (Å²) in [6.07, 6.45) is 2.37. The average molecular weight is 423 g/mol. The van der Waals surface area contributed by atoms with Gasteiger partial charge >= 0.3 is 0 Å². The summed E-state index contributed by atoms with van der Waals surface area (Å²) in [6, 6.07) is 6.12. The van der Waals surface area contributed by atoms with Crippen LogP contribution < -0.4 is 5.56 Å². The second kappa shape index (κ2) is 8.12. The molecule has 3 aromatic heterocycles. The third kappa shape index (κ3) is 3.68. The van der Waals surface area contributed by atoms with Crippen molar-refractivity contribution in [1.82, 2.24) is 34.3 Å². The van der Waals surface area contributed by atoms with E-state index in [0.717, 1.165) is 50.4 Å². The second-order valence-electron chi connectivity index (χ2n) is 7.63. The maximum atomic E-state index is 13.3. The smallest absolute Gasteiger partial charge is 0.283 e. The number of rotatable bonds is 5. The van der Waals surface area contributed by atoms with Crippen molar-refractivity contribution in [3.05, 3.63) is 52.5 Å². The van der Waals surface area contributed by atoms with E-state index in [1.807, 2.05) is 6.92 Å². The first-order valence-corrected chi connectivity index (χ1v) is 10.3.